The Morgan fingerprint density at radius 1 is 1.33 bits per heavy atom. The summed E-state index contributed by atoms with van der Waals surface area (Å²) in [7, 11) is 0.596. The number of rotatable bonds is 6. The summed E-state index contributed by atoms with van der Waals surface area (Å²) in [6.45, 7) is 8.58. The van der Waals surface area contributed by atoms with E-state index in [2.05, 4.69) is 19.6 Å². The predicted octanol–water partition coefficient (Wildman–Crippen LogP) is 3.66. The Morgan fingerprint density at radius 3 is 2.67 bits per heavy atom. The molecule has 0 amide bonds. The van der Waals surface area contributed by atoms with Gasteiger partial charge in [-0.3, -0.25) is 9.69 Å². The van der Waals surface area contributed by atoms with Crippen LogP contribution in [0.1, 0.15) is 24.3 Å². The van der Waals surface area contributed by atoms with Gasteiger partial charge in [0.2, 0.25) is 0 Å². The zero-order valence-corrected chi connectivity index (χ0v) is 16.2. The van der Waals surface area contributed by atoms with Crippen LogP contribution in [0.15, 0.2) is 18.2 Å². The van der Waals surface area contributed by atoms with Gasteiger partial charge in [0.25, 0.3) is 0 Å². The summed E-state index contributed by atoms with van der Waals surface area (Å²) in [5, 5.41) is 13.0. The van der Waals surface area contributed by atoms with Crippen LogP contribution in [0.5, 0.6) is 0 Å². The number of benzene rings is 1. The van der Waals surface area contributed by atoms with E-state index in [0.717, 1.165) is 29.6 Å². The molecule has 1 aromatic carbocycles. The highest BCUT2D eigenvalue weighted by atomic mass is 28.3. The highest BCUT2D eigenvalue weighted by Gasteiger charge is 2.40. The van der Waals surface area contributed by atoms with Gasteiger partial charge in [-0.25, -0.2) is 0 Å². The summed E-state index contributed by atoms with van der Waals surface area (Å²) in [6, 6.07) is 7.14. The van der Waals surface area contributed by atoms with Crippen molar-refractivity contribution in [2.75, 3.05) is 32.0 Å². The number of hydrogen-bond acceptors (Lipinski definition) is 4. The first-order chi connectivity index (χ1) is 11.2. The first-order valence-corrected chi connectivity index (χ1v) is 12.4. The second-order valence-electron chi connectivity index (χ2n) is 8.49. The standard InChI is InChI=1S/C18H28N2O3Si/c1-20(22)12-19(13-23-8-9-24(2,3)4)17-7-5-6-16(18(17)20)14-10-15(21)11-14/h5-7,14H,8-13H2,1-4H3. The quantitative estimate of drug-likeness (QED) is 0.341. The molecule has 0 bridgehead atoms. The fourth-order valence-electron chi connectivity index (χ4n) is 3.49. The highest BCUT2D eigenvalue weighted by molar-refractivity contribution is 6.76. The Labute approximate surface area is 145 Å². The summed E-state index contributed by atoms with van der Waals surface area (Å²) >= 11 is 0. The molecule has 0 N–H and O–H groups in total. The van der Waals surface area contributed by atoms with E-state index in [9.17, 15) is 10.0 Å². The third-order valence-electron chi connectivity index (χ3n) is 4.93. The molecule has 3 rings (SSSR count). The topological polar surface area (TPSA) is 52.6 Å². The molecule has 1 fully saturated rings. The first-order valence-electron chi connectivity index (χ1n) is 8.72. The lowest BCUT2D eigenvalue weighted by Gasteiger charge is -2.36. The molecule has 0 aromatic heterocycles. The van der Waals surface area contributed by atoms with Crippen LogP contribution >= 0.6 is 0 Å². The van der Waals surface area contributed by atoms with Crippen molar-refractivity contribution in [2.45, 2.75) is 44.4 Å². The van der Waals surface area contributed by atoms with Gasteiger partial charge in [-0.2, -0.15) is 0 Å². The van der Waals surface area contributed by atoms with E-state index in [0.29, 0.717) is 32.0 Å². The highest BCUT2D eigenvalue weighted by Crippen LogP contribution is 2.48. The molecule has 1 unspecified atom stereocenters. The Balaban J connectivity index is 1.73. The van der Waals surface area contributed by atoms with Gasteiger partial charge in [-0.05, 0) is 12.1 Å². The molecule has 0 radical (unpaired) electrons. The van der Waals surface area contributed by atoms with Crippen LogP contribution in [0.25, 0.3) is 0 Å². The zero-order chi connectivity index (χ0) is 17.5. The lowest BCUT2D eigenvalue weighted by molar-refractivity contribution is -0.124. The second-order valence-corrected chi connectivity index (χ2v) is 14.1. The summed E-state index contributed by atoms with van der Waals surface area (Å²) < 4.78 is 5.45. The monoisotopic (exact) mass is 348 g/mol. The van der Waals surface area contributed by atoms with Crippen LogP contribution in [0, 0.1) is 5.21 Å². The number of para-hydroxylation sites is 1. The van der Waals surface area contributed by atoms with Crippen molar-refractivity contribution in [2.24, 2.45) is 0 Å². The van der Waals surface area contributed by atoms with Crippen molar-refractivity contribution < 1.29 is 9.53 Å². The molecule has 0 saturated heterocycles. The Hall–Kier alpha value is -1.21. The Bertz CT molecular complexity index is 632. The third kappa shape index (κ3) is 3.56. The Kier molecular flexibility index (Phi) is 4.59. The lowest BCUT2D eigenvalue weighted by Crippen LogP contribution is -2.43. The molecule has 1 heterocycles. The molecule has 132 valence electrons. The van der Waals surface area contributed by atoms with Crippen LogP contribution < -0.4 is 9.55 Å². The number of nitrogens with zero attached hydrogens (tertiary/aromatic N) is 2. The van der Waals surface area contributed by atoms with Crippen molar-refractivity contribution >= 4 is 25.2 Å². The number of carbonyl (C=O) groups is 1. The molecule has 1 aromatic rings. The number of carbonyl (C=O) groups excluding carboxylic acids is 1. The maximum Gasteiger partial charge on any atom is 0.161 e. The molecule has 0 spiro atoms. The van der Waals surface area contributed by atoms with Crippen molar-refractivity contribution in [1.29, 1.82) is 0 Å². The number of anilines is 1. The Morgan fingerprint density at radius 2 is 2.04 bits per heavy atom. The molecule has 1 saturated carbocycles. The average Bonchev–Trinajstić information content (AvgIpc) is 2.71. The van der Waals surface area contributed by atoms with Gasteiger partial charge in [0, 0.05) is 39.0 Å². The molecule has 1 aliphatic carbocycles. The summed E-state index contributed by atoms with van der Waals surface area (Å²) in [5.41, 5.74) is 2.84. The largest absolute Gasteiger partial charge is 0.626 e. The van der Waals surface area contributed by atoms with Gasteiger partial charge in [0.15, 0.2) is 12.4 Å². The van der Waals surface area contributed by atoms with Crippen molar-refractivity contribution in [3.05, 3.63) is 29.0 Å². The number of hydroxylamine groups is 2. The second kappa shape index (κ2) is 6.26. The van der Waals surface area contributed by atoms with E-state index in [-0.39, 0.29) is 5.92 Å². The minimum absolute atomic E-state index is 0.214. The molecule has 24 heavy (non-hydrogen) atoms. The maximum absolute atomic E-state index is 13.0. The van der Waals surface area contributed by atoms with Gasteiger partial charge in [0.1, 0.15) is 18.2 Å². The summed E-state index contributed by atoms with van der Waals surface area (Å²) in [6.07, 6.45) is 1.15. The van der Waals surface area contributed by atoms with Gasteiger partial charge < -0.3 is 14.6 Å². The minimum Gasteiger partial charge on any atom is -0.626 e. The molecular formula is C18H28N2O3Si. The van der Waals surface area contributed by atoms with Crippen molar-refractivity contribution in [3.63, 3.8) is 0 Å². The third-order valence-corrected chi connectivity index (χ3v) is 6.64. The maximum atomic E-state index is 13.0. The van der Waals surface area contributed by atoms with Crippen LogP contribution in [0.2, 0.25) is 25.7 Å². The SMILES string of the molecule is C[N+]1([O-])CN(COCC[Si](C)(C)C)c2cccc(C3CC(=O)C3)c21. The summed E-state index contributed by atoms with van der Waals surface area (Å²) in [4.78, 5) is 13.4. The zero-order valence-electron chi connectivity index (χ0n) is 15.2. The fraction of sp³-hybridized carbons (Fsp3) is 0.611. The van der Waals surface area contributed by atoms with E-state index in [4.69, 9.17) is 4.74 Å². The van der Waals surface area contributed by atoms with Gasteiger partial charge in [-0.15, -0.1) is 0 Å². The minimum atomic E-state index is -1.10. The normalized spacial score (nSPS) is 24.2. The number of ether oxygens (including phenoxy) is 1. The van der Waals surface area contributed by atoms with Gasteiger partial charge in [0.05, 0.1) is 7.05 Å². The number of Topliss-reactive ketones (excluding diaryl/α,β-unsaturated/α-hetero) is 1. The van der Waals surface area contributed by atoms with E-state index in [1.807, 2.05) is 23.1 Å². The van der Waals surface area contributed by atoms with Crippen molar-refractivity contribution in [3.8, 4) is 0 Å². The number of hydrogen-bond donors (Lipinski definition) is 0. The van der Waals surface area contributed by atoms with Crippen LogP contribution in [-0.2, 0) is 9.53 Å². The molecule has 2 aliphatic rings. The van der Waals surface area contributed by atoms with Crippen LogP contribution in [0.4, 0.5) is 11.4 Å². The predicted molar refractivity (Wildman–Crippen MR) is 101 cm³/mol. The summed E-state index contributed by atoms with van der Waals surface area (Å²) in [5.74, 6) is 0.508. The molecule has 1 aliphatic heterocycles. The molecule has 1 atom stereocenters. The van der Waals surface area contributed by atoms with Crippen LogP contribution in [0.3, 0.4) is 0 Å². The van der Waals surface area contributed by atoms with Crippen LogP contribution in [-0.4, -0.2) is 40.9 Å². The van der Waals surface area contributed by atoms with E-state index < -0.39 is 12.7 Å². The van der Waals surface area contributed by atoms with E-state index >= 15 is 0 Å². The van der Waals surface area contributed by atoms with Gasteiger partial charge >= 0.3 is 0 Å². The van der Waals surface area contributed by atoms with Gasteiger partial charge in [-0.1, -0.05) is 31.8 Å². The number of ketones is 1. The number of fused-ring (bicyclic) bond motifs is 1. The molecule has 6 heteroatoms. The number of quaternary nitrogens is 1. The van der Waals surface area contributed by atoms with E-state index in [1.165, 1.54) is 0 Å². The lowest BCUT2D eigenvalue weighted by atomic mass is 9.78. The van der Waals surface area contributed by atoms with E-state index in [1.54, 1.807) is 7.05 Å². The average molecular weight is 349 g/mol. The fourth-order valence-corrected chi connectivity index (χ4v) is 4.25. The smallest absolute Gasteiger partial charge is 0.161 e. The first kappa shape index (κ1) is 17.6. The molecule has 5 nitrogen and oxygen atoms in total. The molecular weight excluding hydrogens is 320 g/mol. The van der Waals surface area contributed by atoms with Crippen molar-refractivity contribution in [1.82, 2.24) is 4.65 Å².